The summed E-state index contributed by atoms with van der Waals surface area (Å²) in [5.74, 6) is -2.31. The van der Waals surface area contributed by atoms with Crippen LogP contribution >= 0.6 is 0 Å². The van der Waals surface area contributed by atoms with Crippen molar-refractivity contribution >= 4 is 17.8 Å². The first-order valence-corrected chi connectivity index (χ1v) is 8.34. The molecule has 0 aliphatic heterocycles. The Hall–Kier alpha value is -3.66. The van der Waals surface area contributed by atoms with E-state index in [0.717, 1.165) is 5.56 Å². The molecule has 7 nitrogen and oxygen atoms in total. The molecule has 7 heteroatoms. The summed E-state index contributed by atoms with van der Waals surface area (Å²) in [6.45, 7) is 0.169. The number of nitrogens with one attached hydrogen (secondary N) is 2. The SMILES string of the molecule is N#CCCNC(=O)C(Cc1ccccc1)NC(=O)c1ccccc1C(=O)O. The maximum atomic E-state index is 12.6. The first-order chi connectivity index (χ1) is 13.0. The Balaban J connectivity index is 2.20. The van der Waals surface area contributed by atoms with Crippen LogP contribution in [0.1, 0.15) is 32.7 Å². The molecule has 0 aliphatic rings. The fourth-order valence-corrected chi connectivity index (χ4v) is 2.53. The minimum absolute atomic E-state index is 0.0205. The van der Waals surface area contributed by atoms with Gasteiger partial charge in [0.1, 0.15) is 6.04 Å². The molecule has 2 amide bonds. The van der Waals surface area contributed by atoms with Crippen LogP contribution < -0.4 is 10.6 Å². The second-order valence-electron chi connectivity index (χ2n) is 5.77. The fourth-order valence-electron chi connectivity index (χ4n) is 2.53. The summed E-state index contributed by atoms with van der Waals surface area (Å²) in [6, 6.07) is 16.0. The fraction of sp³-hybridized carbons (Fsp3) is 0.200. The summed E-state index contributed by atoms with van der Waals surface area (Å²) >= 11 is 0. The molecule has 0 bridgehead atoms. The summed E-state index contributed by atoms with van der Waals surface area (Å²) in [4.78, 5) is 36.4. The Morgan fingerprint density at radius 3 is 2.26 bits per heavy atom. The molecule has 0 radical (unpaired) electrons. The van der Waals surface area contributed by atoms with Gasteiger partial charge in [-0.2, -0.15) is 5.26 Å². The molecule has 1 unspecified atom stereocenters. The number of nitrogens with zero attached hydrogens (tertiary/aromatic N) is 1. The van der Waals surface area contributed by atoms with E-state index in [-0.39, 0.29) is 30.5 Å². The average molecular weight is 365 g/mol. The Morgan fingerprint density at radius 2 is 1.63 bits per heavy atom. The molecular weight excluding hydrogens is 346 g/mol. The normalized spacial score (nSPS) is 11.1. The van der Waals surface area contributed by atoms with E-state index in [0.29, 0.717) is 0 Å². The zero-order chi connectivity index (χ0) is 19.6. The smallest absolute Gasteiger partial charge is 0.336 e. The van der Waals surface area contributed by atoms with E-state index in [2.05, 4.69) is 10.6 Å². The molecule has 3 N–H and O–H groups in total. The second-order valence-corrected chi connectivity index (χ2v) is 5.77. The maximum absolute atomic E-state index is 12.6. The van der Waals surface area contributed by atoms with Gasteiger partial charge in [0, 0.05) is 13.0 Å². The van der Waals surface area contributed by atoms with Crippen molar-refractivity contribution in [2.75, 3.05) is 6.54 Å². The van der Waals surface area contributed by atoms with Crippen molar-refractivity contribution in [2.45, 2.75) is 18.9 Å². The molecule has 138 valence electrons. The average Bonchev–Trinajstić information content (AvgIpc) is 2.68. The molecule has 0 saturated heterocycles. The third kappa shape index (κ3) is 5.68. The molecule has 27 heavy (non-hydrogen) atoms. The van der Waals surface area contributed by atoms with Crippen molar-refractivity contribution in [3.63, 3.8) is 0 Å². The standard InChI is InChI=1S/C20H19N3O4/c21-11-6-12-22-19(25)17(13-14-7-2-1-3-8-14)23-18(24)15-9-4-5-10-16(15)20(26)27/h1-5,7-10,17H,6,12-13H2,(H,22,25)(H,23,24)(H,26,27). The number of carbonyl (C=O) groups excluding carboxylic acids is 2. The van der Waals surface area contributed by atoms with Gasteiger partial charge in [-0.15, -0.1) is 0 Å². The molecule has 0 heterocycles. The van der Waals surface area contributed by atoms with Crippen LogP contribution in [-0.4, -0.2) is 35.5 Å². The van der Waals surface area contributed by atoms with Crippen LogP contribution in [0.15, 0.2) is 54.6 Å². The van der Waals surface area contributed by atoms with E-state index < -0.39 is 23.8 Å². The minimum atomic E-state index is -1.22. The van der Waals surface area contributed by atoms with E-state index in [1.165, 1.54) is 18.2 Å². The lowest BCUT2D eigenvalue weighted by molar-refractivity contribution is -0.122. The van der Waals surface area contributed by atoms with Crippen molar-refractivity contribution in [1.29, 1.82) is 5.26 Å². The Kier molecular flexibility index (Phi) is 7.08. The maximum Gasteiger partial charge on any atom is 0.336 e. The van der Waals surface area contributed by atoms with Crippen molar-refractivity contribution in [3.05, 3.63) is 71.3 Å². The van der Waals surface area contributed by atoms with Crippen LogP contribution in [0.2, 0.25) is 0 Å². The number of carbonyl (C=O) groups is 3. The first-order valence-electron chi connectivity index (χ1n) is 8.34. The van der Waals surface area contributed by atoms with E-state index in [1.54, 1.807) is 6.07 Å². The molecule has 1 atom stereocenters. The van der Waals surface area contributed by atoms with Gasteiger partial charge in [0.05, 0.1) is 23.6 Å². The zero-order valence-electron chi connectivity index (χ0n) is 14.5. The second kappa shape index (κ2) is 9.73. The minimum Gasteiger partial charge on any atom is -0.478 e. The zero-order valence-corrected chi connectivity index (χ0v) is 14.5. The van der Waals surface area contributed by atoms with Gasteiger partial charge in [-0.25, -0.2) is 4.79 Å². The van der Waals surface area contributed by atoms with Crippen molar-refractivity contribution in [2.24, 2.45) is 0 Å². The lowest BCUT2D eigenvalue weighted by atomic mass is 10.0. The van der Waals surface area contributed by atoms with Gasteiger partial charge in [-0.05, 0) is 17.7 Å². The van der Waals surface area contributed by atoms with Crippen molar-refractivity contribution in [1.82, 2.24) is 10.6 Å². The Labute approximate surface area is 156 Å². The van der Waals surface area contributed by atoms with Gasteiger partial charge >= 0.3 is 5.97 Å². The molecule has 2 aromatic rings. The van der Waals surface area contributed by atoms with Gasteiger partial charge < -0.3 is 15.7 Å². The largest absolute Gasteiger partial charge is 0.478 e. The number of hydrogen-bond donors (Lipinski definition) is 3. The summed E-state index contributed by atoms with van der Waals surface area (Å²) in [6.07, 6.45) is 0.389. The molecule has 2 aromatic carbocycles. The first kappa shape index (κ1) is 19.7. The summed E-state index contributed by atoms with van der Waals surface area (Å²) in [5, 5.41) is 23.1. The van der Waals surface area contributed by atoms with Crippen molar-refractivity contribution in [3.8, 4) is 6.07 Å². The molecule has 0 aromatic heterocycles. The number of aromatic carboxylic acids is 1. The van der Waals surface area contributed by atoms with Gasteiger partial charge in [0.2, 0.25) is 5.91 Å². The Morgan fingerprint density at radius 1 is 1.00 bits per heavy atom. The van der Waals surface area contributed by atoms with Gasteiger partial charge in [0.15, 0.2) is 0 Å². The van der Waals surface area contributed by atoms with Gasteiger partial charge in [-0.1, -0.05) is 42.5 Å². The van der Waals surface area contributed by atoms with Crippen molar-refractivity contribution < 1.29 is 19.5 Å². The van der Waals surface area contributed by atoms with Crippen LogP contribution in [0.3, 0.4) is 0 Å². The number of nitriles is 1. The van der Waals surface area contributed by atoms with Crippen LogP contribution in [-0.2, 0) is 11.2 Å². The monoisotopic (exact) mass is 365 g/mol. The lowest BCUT2D eigenvalue weighted by Crippen LogP contribution is -2.48. The van der Waals surface area contributed by atoms with Crippen LogP contribution in [0.4, 0.5) is 0 Å². The van der Waals surface area contributed by atoms with E-state index in [9.17, 15) is 19.5 Å². The Bertz CT molecular complexity index is 859. The third-order valence-electron chi connectivity index (χ3n) is 3.84. The predicted molar refractivity (Wildman–Crippen MR) is 98.0 cm³/mol. The summed E-state index contributed by atoms with van der Waals surface area (Å²) < 4.78 is 0. The highest BCUT2D eigenvalue weighted by Gasteiger charge is 2.24. The molecule has 0 saturated carbocycles. The summed E-state index contributed by atoms with van der Waals surface area (Å²) in [7, 11) is 0. The number of hydrogen-bond acceptors (Lipinski definition) is 4. The van der Waals surface area contributed by atoms with Crippen LogP contribution in [0, 0.1) is 11.3 Å². The van der Waals surface area contributed by atoms with Crippen LogP contribution in [0.5, 0.6) is 0 Å². The highest BCUT2D eigenvalue weighted by atomic mass is 16.4. The van der Waals surface area contributed by atoms with E-state index >= 15 is 0 Å². The number of carboxylic acids is 1. The topological polar surface area (TPSA) is 119 Å². The third-order valence-corrected chi connectivity index (χ3v) is 3.84. The molecular formula is C20H19N3O4. The number of carboxylic acid groups (broad SMARTS) is 1. The highest BCUT2D eigenvalue weighted by molar-refractivity contribution is 6.06. The number of rotatable bonds is 8. The van der Waals surface area contributed by atoms with E-state index in [1.807, 2.05) is 36.4 Å². The quantitative estimate of drug-likeness (QED) is 0.616. The lowest BCUT2D eigenvalue weighted by Gasteiger charge is -2.19. The van der Waals surface area contributed by atoms with Gasteiger partial charge in [-0.3, -0.25) is 9.59 Å². The van der Waals surface area contributed by atoms with Gasteiger partial charge in [0.25, 0.3) is 5.91 Å². The molecule has 0 fully saturated rings. The highest BCUT2D eigenvalue weighted by Crippen LogP contribution is 2.10. The summed E-state index contributed by atoms with van der Waals surface area (Å²) in [5.41, 5.74) is 0.677. The predicted octanol–water partition coefficient (Wildman–Crippen LogP) is 1.76. The van der Waals surface area contributed by atoms with E-state index in [4.69, 9.17) is 5.26 Å². The molecule has 2 rings (SSSR count). The molecule has 0 spiro atoms. The number of amides is 2. The molecule has 0 aliphatic carbocycles. The number of benzene rings is 2. The van der Waals surface area contributed by atoms with Crippen LogP contribution in [0.25, 0.3) is 0 Å².